The van der Waals surface area contributed by atoms with Crippen molar-refractivity contribution in [3.63, 3.8) is 0 Å². The SMILES string of the molecule is CC[C@@H](CCNC(=O)Nc1ncccc1C)NC(=O)Nc1ncccc1C. The first-order valence-electron chi connectivity index (χ1n) is 8.95. The monoisotopic (exact) mass is 370 g/mol. The summed E-state index contributed by atoms with van der Waals surface area (Å²) in [5.74, 6) is 1.07. The lowest BCUT2D eigenvalue weighted by Gasteiger charge is -2.18. The number of nitrogens with one attached hydrogen (secondary N) is 4. The van der Waals surface area contributed by atoms with Gasteiger partial charge in [0, 0.05) is 25.0 Å². The van der Waals surface area contributed by atoms with Gasteiger partial charge >= 0.3 is 12.1 Å². The van der Waals surface area contributed by atoms with Crippen LogP contribution in [-0.4, -0.2) is 34.6 Å². The average molecular weight is 370 g/mol. The molecule has 0 saturated heterocycles. The van der Waals surface area contributed by atoms with Crippen molar-refractivity contribution in [1.82, 2.24) is 20.6 Å². The first-order chi connectivity index (χ1) is 13.0. The fourth-order valence-electron chi connectivity index (χ4n) is 2.45. The molecule has 0 spiro atoms. The highest BCUT2D eigenvalue weighted by molar-refractivity contribution is 5.89. The Labute approximate surface area is 159 Å². The number of carbonyl (C=O) groups is 2. The lowest BCUT2D eigenvalue weighted by atomic mass is 10.1. The number of aromatic nitrogens is 2. The molecule has 0 aromatic carbocycles. The molecule has 0 radical (unpaired) electrons. The van der Waals surface area contributed by atoms with Crippen LogP contribution in [0.5, 0.6) is 0 Å². The van der Waals surface area contributed by atoms with Crippen molar-refractivity contribution < 1.29 is 9.59 Å². The van der Waals surface area contributed by atoms with E-state index < -0.39 is 0 Å². The van der Waals surface area contributed by atoms with Gasteiger partial charge in [-0.1, -0.05) is 19.1 Å². The number of nitrogens with zero attached hydrogens (tertiary/aromatic N) is 2. The number of carbonyl (C=O) groups excluding carboxylic acids is 2. The quantitative estimate of drug-likeness (QED) is 0.600. The molecule has 144 valence electrons. The highest BCUT2D eigenvalue weighted by atomic mass is 16.2. The number of aryl methyl sites for hydroxylation is 2. The molecule has 2 aromatic heterocycles. The van der Waals surface area contributed by atoms with Gasteiger partial charge in [0.05, 0.1) is 0 Å². The molecule has 4 amide bonds. The molecule has 0 bridgehead atoms. The minimum atomic E-state index is -0.319. The maximum atomic E-state index is 12.1. The summed E-state index contributed by atoms with van der Waals surface area (Å²) in [5.41, 5.74) is 1.78. The lowest BCUT2D eigenvalue weighted by molar-refractivity contribution is 0.246. The molecule has 8 heteroatoms. The van der Waals surface area contributed by atoms with Gasteiger partial charge in [0.1, 0.15) is 11.6 Å². The molecule has 4 N–H and O–H groups in total. The van der Waals surface area contributed by atoms with E-state index in [9.17, 15) is 9.59 Å². The topological polar surface area (TPSA) is 108 Å². The minimum Gasteiger partial charge on any atom is -0.338 e. The van der Waals surface area contributed by atoms with Crippen molar-refractivity contribution in [2.45, 2.75) is 39.7 Å². The Balaban J connectivity index is 1.74. The van der Waals surface area contributed by atoms with Crippen molar-refractivity contribution in [2.75, 3.05) is 17.2 Å². The largest absolute Gasteiger partial charge is 0.338 e. The van der Waals surface area contributed by atoms with E-state index in [-0.39, 0.29) is 18.1 Å². The molecule has 0 aliphatic heterocycles. The molecule has 27 heavy (non-hydrogen) atoms. The van der Waals surface area contributed by atoms with Gasteiger partial charge in [-0.25, -0.2) is 19.6 Å². The number of rotatable bonds is 7. The summed E-state index contributed by atoms with van der Waals surface area (Å²) in [6.45, 7) is 6.17. The molecule has 2 rings (SSSR count). The van der Waals surface area contributed by atoms with E-state index in [1.54, 1.807) is 12.4 Å². The number of hydrogen-bond acceptors (Lipinski definition) is 4. The molecule has 2 heterocycles. The Hall–Kier alpha value is -3.16. The highest BCUT2D eigenvalue weighted by Crippen LogP contribution is 2.10. The molecule has 1 atom stereocenters. The molecule has 0 saturated carbocycles. The zero-order valence-corrected chi connectivity index (χ0v) is 15.9. The summed E-state index contributed by atoms with van der Waals surface area (Å²) in [7, 11) is 0. The van der Waals surface area contributed by atoms with Crippen LogP contribution in [-0.2, 0) is 0 Å². The molecule has 0 aliphatic rings. The Bertz CT molecular complexity index is 780. The second kappa shape index (κ2) is 10.1. The van der Waals surface area contributed by atoms with Crippen LogP contribution in [0.3, 0.4) is 0 Å². The summed E-state index contributed by atoms with van der Waals surface area (Å²) in [5, 5.41) is 11.1. The van der Waals surface area contributed by atoms with Crippen LogP contribution in [0.15, 0.2) is 36.7 Å². The van der Waals surface area contributed by atoms with Crippen LogP contribution >= 0.6 is 0 Å². The number of amides is 4. The summed E-state index contributed by atoms with van der Waals surface area (Å²) in [6.07, 6.45) is 4.62. The third-order valence-electron chi connectivity index (χ3n) is 4.09. The van der Waals surface area contributed by atoms with Crippen LogP contribution < -0.4 is 21.3 Å². The van der Waals surface area contributed by atoms with Crippen LogP contribution in [0.1, 0.15) is 30.9 Å². The summed E-state index contributed by atoms with van der Waals surface area (Å²) < 4.78 is 0. The van der Waals surface area contributed by atoms with Gasteiger partial charge in [-0.3, -0.25) is 10.6 Å². The molecule has 8 nitrogen and oxygen atoms in total. The van der Waals surface area contributed by atoms with E-state index in [1.807, 2.05) is 45.0 Å². The van der Waals surface area contributed by atoms with Gasteiger partial charge in [0.25, 0.3) is 0 Å². The normalized spacial score (nSPS) is 11.4. The number of anilines is 2. The Kier molecular flexibility index (Phi) is 7.54. The highest BCUT2D eigenvalue weighted by Gasteiger charge is 2.12. The zero-order valence-electron chi connectivity index (χ0n) is 15.9. The van der Waals surface area contributed by atoms with Gasteiger partial charge in [-0.15, -0.1) is 0 Å². The molecule has 2 aromatic rings. The van der Waals surface area contributed by atoms with Gasteiger partial charge < -0.3 is 10.6 Å². The fourth-order valence-corrected chi connectivity index (χ4v) is 2.45. The van der Waals surface area contributed by atoms with E-state index in [4.69, 9.17) is 0 Å². The van der Waals surface area contributed by atoms with Gasteiger partial charge in [-0.05, 0) is 49.9 Å². The van der Waals surface area contributed by atoms with E-state index >= 15 is 0 Å². The third kappa shape index (κ3) is 6.58. The van der Waals surface area contributed by atoms with E-state index in [1.165, 1.54) is 0 Å². The smallest absolute Gasteiger partial charge is 0.320 e. The molecule has 0 fully saturated rings. The second-order valence-corrected chi connectivity index (χ2v) is 6.21. The Morgan fingerprint density at radius 2 is 1.52 bits per heavy atom. The van der Waals surface area contributed by atoms with E-state index in [0.717, 1.165) is 17.5 Å². The predicted molar refractivity (Wildman–Crippen MR) is 106 cm³/mol. The number of hydrogen-bond donors (Lipinski definition) is 4. The third-order valence-corrected chi connectivity index (χ3v) is 4.09. The van der Waals surface area contributed by atoms with Crippen molar-refractivity contribution in [3.05, 3.63) is 47.8 Å². The van der Waals surface area contributed by atoms with Crippen molar-refractivity contribution in [2.24, 2.45) is 0 Å². The number of urea groups is 2. The van der Waals surface area contributed by atoms with Gasteiger partial charge in [-0.2, -0.15) is 0 Å². The standard InChI is InChI=1S/C19H26N6O2/c1-4-15(23-19(27)25-17-14(3)8-6-11-21-17)9-12-22-18(26)24-16-13(2)7-5-10-20-16/h5-8,10-11,15H,4,9,12H2,1-3H3,(H2,20,22,24,26)(H2,21,23,25,27)/t15-/m0/s1. The zero-order chi connectivity index (χ0) is 19.6. The van der Waals surface area contributed by atoms with Crippen molar-refractivity contribution in [1.29, 1.82) is 0 Å². The maximum Gasteiger partial charge on any atom is 0.320 e. The minimum absolute atomic E-state index is 0.0640. The Morgan fingerprint density at radius 3 is 2.04 bits per heavy atom. The summed E-state index contributed by atoms with van der Waals surface area (Å²) in [4.78, 5) is 32.4. The van der Waals surface area contributed by atoms with Crippen LogP contribution in [0, 0.1) is 13.8 Å². The van der Waals surface area contributed by atoms with E-state index in [2.05, 4.69) is 31.2 Å². The lowest BCUT2D eigenvalue weighted by Crippen LogP contribution is -2.40. The van der Waals surface area contributed by atoms with Crippen molar-refractivity contribution in [3.8, 4) is 0 Å². The average Bonchev–Trinajstić information content (AvgIpc) is 2.64. The van der Waals surface area contributed by atoms with E-state index in [0.29, 0.717) is 24.6 Å². The molecule has 0 unspecified atom stereocenters. The van der Waals surface area contributed by atoms with Crippen molar-refractivity contribution >= 4 is 23.7 Å². The first-order valence-corrected chi connectivity index (χ1v) is 8.95. The molecule has 0 aliphatic carbocycles. The van der Waals surface area contributed by atoms with Gasteiger partial charge in [0.2, 0.25) is 0 Å². The molecular formula is C19H26N6O2. The summed E-state index contributed by atoms with van der Waals surface area (Å²) >= 11 is 0. The Morgan fingerprint density at radius 1 is 0.963 bits per heavy atom. The first kappa shape index (κ1) is 20.2. The van der Waals surface area contributed by atoms with Crippen LogP contribution in [0.25, 0.3) is 0 Å². The fraction of sp³-hybridized carbons (Fsp3) is 0.368. The van der Waals surface area contributed by atoms with Gasteiger partial charge in [0.15, 0.2) is 0 Å². The molecular weight excluding hydrogens is 344 g/mol. The number of pyridine rings is 2. The maximum absolute atomic E-state index is 12.1. The second-order valence-electron chi connectivity index (χ2n) is 6.21. The van der Waals surface area contributed by atoms with Crippen LogP contribution in [0.4, 0.5) is 21.2 Å². The predicted octanol–water partition coefficient (Wildman–Crippen LogP) is 3.21. The summed E-state index contributed by atoms with van der Waals surface area (Å²) in [6, 6.07) is 6.69. The van der Waals surface area contributed by atoms with Crippen LogP contribution in [0.2, 0.25) is 0 Å².